The van der Waals surface area contributed by atoms with E-state index in [0.29, 0.717) is 28.1 Å². The Kier molecular flexibility index (Phi) is 6.18. The summed E-state index contributed by atoms with van der Waals surface area (Å²) in [5.74, 6) is -0.152. The van der Waals surface area contributed by atoms with Crippen LogP contribution in [0, 0.1) is 0 Å². The van der Waals surface area contributed by atoms with Crippen LogP contribution in [-0.4, -0.2) is 24.4 Å². The van der Waals surface area contributed by atoms with Gasteiger partial charge in [-0.25, -0.2) is 0 Å². The molecule has 4 nitrogen and oxygen atoms in total. The van der Waals surface area contributed by atoms with Crippen molar-refractivity contribution in [2.45, 2.75) is 19.8 Å². The Bertz CT molecular complexity index is 1100. The number of rotatable bonds is 5. The first-order valence-electron chi connectivity index (χ1n) is 9.61. The smallest absolute Gasteiger partial charge is 0.250 e. The molecule has 3 aromatic rings. The third-order valence-electron chi connectivity index (χ3n) is 4.94. The van der Waals surface area contributed by atoms with Gasteiger partial charge in [-0.05, 0) is 36.8 Å². The number of carbonyl (C=O) groups excluding carboxylic acids is 1. The second kappa shape index (κ2) is 9.00. The van der Waals surface area contributed by atoms with Crippen molar-refractivity contribution >= 4 is 40.5 Å². The number of hydrogen-bond acceptors (Lipinski definition) is 3. The van der Waals surface area contributed by atoms with Gasteiger partial charge in [-0.2, -0.15) is 0 Å². The lowest BCUT2D eigenvalue weighted by Crippen LogP contribution is -2.41. The van der Waals surface area contributed by atoms with E-state index >= 15 is 0 Å². The number of anilines is 1. The Morgan fingerprint density at radius 1 is 1.00 bits per heavy atom. The molecule has 0 spiro atoms. The Labute approximate surface area is 185 Å². The van der Waals surface area contributed by atoms with Crippen LogP contribution in [-0.2, 0) is 16.1 Å². The Balaban J connectivity index is 1.71. The van der Waals surface area contributed by atoms with Gasteiger partial charge in [-0.15, -0.1) is 0 Å². The normalized spacial score (nSPS) is 14.7. The van der Waals surface area contributed by atoms with Gasteiger partial charge in [0.25, 0.3) is 5.91 Å². The van der Waals surface area contributed by atoms with E-state index in [1.54, 1.807) is 17.0 Å². The largest absolute Gasteiger partial charge is 0.354 e. The standard InChI is InChI=1S/C24H20Cl2N2O2/c1-16(30-15-17-7-3-2-4-8-17)28-22-12-11-18(25)13-20(22)24(27-14-23(28)29)19-9-5-6-10-21(19)26/h2-13,16H,14-15H2,1H3. The van der Waals surface area contributed by atoms with Crippen LogP contribution in [0.5, 0.6) is 0 Å². The van der Waals surface area contributed by atoms with E-state index in [1.807, 2.05) is 67.6 Å². The molecule has 0 aromatic heterocycles. The van der Waals surface area contributed by atoms with Gasteiger partial charge in [0.05, 0.1) is 18.0 Å². The number of hydrogen-bond donors (Lipinski definition) is 0. The summed E-state index contributed by atoms with van der Waals surface area (Å²) in [6.45, 7) is 2.25. The number of halogens is 2. The number of ether oxygens (including phenoxy) is 1. The molecule has 3 aromatic carbocycles. The van der Waals surface area contributed by atoms with Crippen LogP contribution in [0.1, 0.15) is 23.6 Å². The van der Waals surface area contributed by atoms with Crippen LogP contribution in [0.2, 0.25) is 10.0 Å². The molecule has 1 unspecified atom stereocenters. The van der Waals surface area contributed by atoms with Gasteiger partial charge in [-0.3, -0.25) is 14.7 Å². The first kappa shape index (κ1) is 20.6. The van der Waals surface area contributed by atoms with E-state index in [4.69, 9.17) is 27.9 Å². The Hall–Kier alpha value is -2.66. The zero-order valence-corrected chi connectivity index (χ0v) is 17.9. The predicted molar refractivity (Wildman–Crippen MR) is 122 cm³/mol. The van der Waals surface area contributed by atoms with Crippen molar-refractivity contribution in [3.63, 3.8) is 0 Å². The number of benzene rings is 3. The van der Waals surface area contributed by atoms with Crippen LogP contribution in [0.4, 0.5) is 5.69 Å². The topological polar surface area (TPSA) is 41.9 Å². The fraction of sp³-hybridized carbons (Fsp3) is 0.167. The lowest BCUT2D eigenvalue weighted by atomic mass is 10.00. The molecule has 0 bridgehead atoms. The molecule has 152 valence electrons. The van der Waals surface area contributed by atoms with Gasteiger partial charge in [0.1, 0.15) is 12.8 Å². The van der Waals surface area contributed by atoms with Gasteiger partial charge in [0, 0.05) is 21.2 Å². The summed E-state index contributed by atoms with van der Waals surface area (Å²) in [4.78, 5) is 19.3. The number of fused-ring (bicyclic) bond motifs is 1. The molecule has 0 N–H and O–H groups in total. The van der Waals surface area contributed by atoms with Gasteiger partial charge in [-0.1, -0.05) is 71.7 Å². The summed E-state index contributed by atoms with van der Waals surface area (Å²) in [5, 5.41) is 1.12. The highest BCUT2D eigenvalue weighted by Gasteiger charge is 2.30. The quantitative estimate of drug-likeness (QED) is 0.509. The fourth-order valence-electron chi connectivity index (χ4n) is 3.50. The molecule has 0 radical (unpaired) electrons. The third-order valence-corrected chi connectivity index (χ3v) is 5.51. The van der Waals surface area contributed by atoms with Crippen molar-refractivity contribution in [2.75, 3.05) is 11.4 Å². The number of nitrogens with zero attached hydrogens (tertiary/aromatic N) is 2. The zero-order valence-electron chi connectivity index (χ0n) is 16.4. The average Bonchev–Trinajstić information content (AvgIpc) is 2.89. The minimum atomic E-state index is -0.488. The minimum Gasteiger partial charge on any atom is -0.354 e. The first-order valence-corrected chi connectivity index (χ1v) is 10.4. The first-order chi connectivity index (χ1) is 14.5. The lowest BCUT2D eigenvalue weighted by molar-refractivity contribution is -0.120. The molecule has 1 amide bonds. The maximum absolute atomic E-state index is 13.0. The minimum absolute atomic E-state index is 0.00804. The molecular formula is C24H20Cl2N2O2. The predicted octanol–water partition coefficient (Wildman–Crippen LogP) is 5.74. The van der Waals surface area contributed by atoms with Crippen molar-refractivity contribution in [3.8, 4) is 0 Å². The maximum atomic E-state index is 13.0. The third kappa shape index (κ3) is 4.26. The summed E-state index contributed by atoms with van der Waals surface area (Å²) in [6.07, 6.45) is -0.488. The number of benzodiazepines with no additional fused rings is 1. The Morgan fingerprint density at radius 2 is 1.73 bits per heavy atom. The maximum Gasteiger partial charge on any atom is 0.250 e. The summed E-state index contributed by atoms with van der Waals surface area (Å²) in [7, 11) is 0. The lowest BCUT2D eigenvalue weighted by Gasteiger charge is -2.29. The molecule has 0 saturated heterocycles. The van der Waals surface area contributed by atoms with Crippen LogP contribution in [0.15, 0.2) is 77.8 Å². The van der Waals surface area contributed by atoms with E-state index in [9.17, 15) is 4.79 Å². The van der Waals surface area contributed by atoms with Gasteiger partial charge < -0.3 is 4.74 Å². The number of amides is 1. The second-order valence-corrected chi connectivity index (χ2v) is 7.81. The van der Waals surface area contributed by atoms with Crippen molar-refractivity contribution in [1.82, 2.24) is 0 Å². The van der Waals surface area contributed by atoms with E-state index in [1.165, 1.54) is 0 Å². The molecule has 4 rings (SSSR count). The van der Waals surface area contributed by atoms with Crippen LogP contribution < -0.4 is 4.90 Å². The van der Waals surface area contributed by atoms with E-state index in [0.717, 1.165) is 16.7 Å². The fourth-order valence-corrected chi connectivity index (χ4v) is 3.90. The van der Waals surface area contributed by atoms with Crippen LogP contribution in [0.3, 0.4) is 0 Å². The van der Waals surface area contributed by atoms with E-state index in [2.05, 4.69) is 4.99 Å². The van der Waals surface area contributed by atoms with E-state index in [-0.39, 0.29) is 12.5 Å². The van der Waals surface area contributed by atoms with Crippen molar-refractivity contribution in [3.05, 3.63) is 99.5 Å². The molecule has 0 fully saturated rings. The molecule has 1 aliphatic rings. The molecular weight excluding hydrogens is 419 g/mol. The zero-order chi connectivity index (χ0) is 21.1. The molecule has 1 aliphatic heterocycles. The molecule has 1 heterocycles. The molecule has 0 aliphatic carbocycles. The highest BCUT2D eigenvalue weighted by molar-refractivity contribution is 6.37. The highest BCUT2D eigenvalue weighted by atomic mass is 35.5. The summed E-state index contributed by atoms with van der Waals surface area (Å²) >= 11 is 12.7. The summed E-state index contributed by atoms with van der Waals surface area (Å²) < 4.78 is 6.04. The second-order valence-electron chi connectivity index (χ2n) is 6.97. The summed E-state index contributed by atoms with van der Waals surface area (Å²) in [5.41, 5.74) is 3.88. The monoisotopic (exact) mass is 438 g/mol. The number of aliphatic imine (C=N–C) groups is 1. The molecule has 6 heteroatoms. The van der Waals surface area contributed by atoms with Crippen LogP contribution >= 0.6 is 23.2 Å². The van der Waals surface area contributed by atoms with Crippen LogP contribution in [0.25, 0.3) is 0 Å². The SMILES string of the molecule is CC(OCc1ccccc1)N1C(=O)CN=C(c2ccccc2Cl)c2cc(Cl)ccc21. The molecule has 1 atom stereocenters. The Morgan fingerprint density at radius 3 is 2.50 bits per heavy atom. The van der Waals surface area contributed by atoms with Crippen molar-refractivity contribution in [2.24, 2.45) is 4.99 Å². The molecule has 0 saturated carbocycles. The van der Waals surface area contributed by atoms with Crippen molar-refractivity contribution in [1.29, 1.82) is 0 Å². The number of carbonyl (C=O) groups is 1. The van der Waals surface area contributed by atoms with Gasteiger partial charge in [0.15, 0.2) is 0 Å². The highest BCUT2D eigenvalue weighted by Crippen LogP contribution is 2.33. The summed E-state index contributed by atoms with van der Waals surface area (Å²) in [6, 6.07) is 22.7. The van der Waals surface area contributed by atoms with E-state index < -0.39 is 6.23 Å². The van der Waals surface area contributed by atoms with Gasteiger partial charge in [0.2, 0.25) is 0 Å². The van der Waals surface area contributed by atoms with Crippen molar-refractivity contribution < 1.29 is 9.53 Å². The molecule has 30 heavy (non-hydrogen) atoms. The average molecular weight is 439 g/mol. The van der Waals surface area contributed by atoms with Gasteiger partial charge >= 0.3 is 0 Å².